The van der Waals surface area contributed by atoms with Gasteiger partial charge in [-0.15, -0.1) is 0 Å². The molecule has 1 fully saturated rings. The van der Waals surface area contributed by atoms with E-state index in [4.69, 9.17) is 22.6 Å². The molecular formula is C17H17ClFN5O. The topological polar surface area (TPSA) is 87.9 Å². The minimum Gasteiger partial charge on any atom is -0.342 e. The summed E-state index contributed by atoms with van der Waals surface area (Å²) >= 11 is 6.17. The molecule has 130 valence electrons. The molecule has 0 spiro atoms. The summed E-state index contributed by atoms with van der Waals surface area (Å²) in [5.74, 6) is -0.204. The van der Waals surface area contributed by atoms with Gasteiger partial charge in [-0.25, -0.2) is 9.37 Å². The van der Waals surface area contributed by atoms with Gasteiger partial charge >= 0.3 is 0 Å². The number of anilines is 1. The molecule has 0 unspecified atom stereocenters. The highest BCUT2D eigenvalue weighted by molar-refractivity contribution is 6.32. The SMILES string of the molecule is Cn1c(N2CCC(N)CC2)nc(-c2ccc(C#N)c(F)c2)c(Cl)c1=O. The Morgan fingerprint density at radius 3 is 2.68 bits per heavy atom. The molecule has 6 nitrogen and oxygen atoms in total. The van der Waals surface area contributed by atoms with E-state index in [1.165, 1.54) is 22.8 Å². The van der Waals surface area contributed by atoms with Gasteiger partial charge in [0, 0.05) is 31.7 Å². The zero-order valence-electron chi connectivity index (χ0n) is 13.7. The van der Waals surface area contributed by atoms with E-state index in [0.29, 0.717) is 24.6 Å². The van der Waals surface area contributed by atoms with Gasteiger partial charge in [0.25, 0.3) is 5.56 Å². The van der Waals surface area contributed by atoms with Crippen LogP contribution in [0.3, 0.4) is 0 Å². The van der Waals surface area contributed by atoms with Crippen LogP contribution in [0.4, 0.5) is 10.3 Å². The average molecular weight is 362 g/mol. The summed E-state index contributed by atoms with van der Waals surface area (Å²) in [5.41, 5.74) is 6.01. The predicted octanol–water partition coefficient (Wildman–Crippen LogP) is 2.04. The van der Waals surface area contributed by atoms with Crippen LogP contribution in [-0.2, 0) is 7.05 Å². The van der Waals surface area contributed by atoms with Crippen molar-refractivity contribution < 1.29 is 4.39 Å². The Kier molecular flexibility index (Phi) is 4.75. The number of aromatic nitrogens is 2. The second-order valence-electron chi connectivity index (χ2n) is 6.07. The molecule has 0 saturated carbocycles. The third-order valence-corrected chi connectivity index (χ3v) is 4.74. The van der Waals surface area contributed by atoms with Crippen molar-refractivity contribution in [3.8, 4) is 17.3 Å². The summed E-state index contributed by atoms with van der Waals surface area (Å²) in [6, 6.07) is 5.96. The van der Waals surface area contributed by atoms with Crippen molar-refractivity contribution in [2.24, 2.45) is 12.8 Å². The van der Waals surface area contributed by atoms with Crippen molar-refractivity contribution in [2.45, 2.75) is 18.9 Å². The predicted molar refractivity (Wildman–Crippen MR) is 94.0 cm³/mol. The number of hydrogen-bond acceptors (Lipinski definition) is 5. The maximum atomic E-state index is 13.9. The molecule has 0 bridgehead atoms. The van der Waals surface area contributed by atoms with E-state index in [0.717, 1.165) is 12.8 Å². The molecule has 1 saturated heterocycles. The van der Waals surface area contributed by atoms with Gasteiger partial charge in [0.05, 0.1) is 11.3 Å². The zero-order chi connectivity index (χ0) is 18.1. The Morgan fingerprint density at radius 1 is 1.40 bits per heavy atom. The van der Waals surface area contributed by atoms with Gasteiger partial charge in [-0.3, -0.25) is 9.36 Å². The molecule has 1 aromatic heterocycles. The fourth-order valence-electron chi connectivity index (χ4n) is 2.89. The maximum Gasteiger partial charge on any atom is 0.274 e. The summed E-state index contributed by atoms with van der Waals surface area (Å²) in [7, 11) is 1.61. The molecule has 0 radical (unpaired) electrons. The smallest absolute Gasteiger partial charge is 0.274 e. The number of hydrogen-bond donors (Lipinski definition) is 1. The van der Waals surface area contributed by atoms with Crippen LogP contribution in [0.5, 0.6) is 0 Å². The van der Waals surface area contributed by atoms with Gasteiger partial charge in [0.2, 0.25) is 5.95 Å². The largest absolute Gasteiger partial charge is 0.342 e. The van der Waals surface area contributed by atoms with E-state index in [9.17, 15) is 9.18 Å². The Bertz CT molecular complexity index is 912. The number of nitrogens with zero attached hydrogens (tertiary/aromatic N) is 4. The molecule has 25 heavy (non-hydrogen) atoms. The van der Waals surface area contributed by atoms with Gasteiger partial charge in [-0.1, -0.05) is 17.7 Å². The van der Waals surface area contributed by atoms with Crippen LogP contribution < -0.4 is 16.2 Å². The van der Waals surface area contributed by atoms with Crippen molar-refractivity contribution in [1.82, 2.24) is 9.55 Å². The van der Waals surface area contributed by atoms with Gasteiger partial charge < -0.3 is 10.6 Å². The highest BCUT2D eigenvalue weighted by Crippen LogP contribution is 2.27. The van der Waals surface area contributed by atoms with Crippen molar-refractivity contribution in [3.05, 3.63) is 45.0 Å². The van der Waals surface area contributed by atoms with Crippen molar-refractivity contribution in [3.63, 3.8) is 0 Å². The van der Waals surface area contributed by atoms with E-state index < -0.39 is 11.4 Å². The lowest BCUT2D eigenvalue weighted by Crippen LogP contribution is -2.42. The minimum atomic E-state index is -0.677. The third-order valence-electron chi connectivity index (χ3n) is 4.40. The Labute approximate surface area is 149 Å². The first kappa shape index (κ1) is 17.4. The summed E-state index contributed by atoms with van der Waals surface area (Å²) in [6.07, 6.45) is 1.61. The fourth-order valence-corrected chi connectivity index (χ4v) is 3.17. The molecule has 0 atom stereocenters. The molecular weight excluding hydrogens is 345 g/mol. The second kappa shape index (κ2) is 6.82. The molecule has 1 aliphatic rings. The van der Waals surface area contributed by atoms with Crippen molar-refractivity contribution >= 4 is 17.5 Å². The van der Waals surface area contributed by atoms with Gasteiger partial charge in [0.15, 0.2) is 0 Å². The lowest BCUT2D eigenvalue weighted by atomic mass is 10.1. The first-order valence-corrected chi connectivity index (χ1v) is 8.27. The lowest BCUT2D eigenvalue weighted by molar-refractivity contribution is 0.490. The number of benzene rings is 1. The fraction of sp³-hybridized carbons (Fsp3) is 0.353. The van der Waals surface area contributed by atoms with Gasteiger partial charge in [-0.05, 0) is 25.0 Å². The number of nitrogens with two attached hydrogens (primary N) is 1. The van der Waals surface area contributed by atoms with Gasteiger partial charge in [-0.2, -0.15) is 5.26 Å². The first-order valence-electron chi connectivity index (χ1n) is 7.89. The molecule has 2 heterocycles. The molecule has 8 heteroatoms. The minimum absolute atomic E-state index is 0.0750. The van der Waals surface area contributed by atoms with Crippen molar-refractivity contribution in [2.75, 3.05) is 18.0 Å². The van der Waals surface area contributed by atoms with E-state index >= 15 is 0 Å². The van der Waals surface area contributed by atoms with Gasteiger partial charge in [0.1, 0.15) is 16.9 Å². The van der Waals surface area contributed by atoms with Crippen LogP contribution in [0.2, 0.25) is 5.02 Å². The highest BCUT2D eigenvalue weighted by Gasteiger charge is 2.23. The molecule has 0 amide bonds. The second-order valence-corrected chi connectivity index (χ2v) is 6.45. The number of rotatable bonds is 2. The quantitative estimate of drug-likeness (QED) is 0.884. The Balaban J connectivity index is 2.10. The monoisotopic (exact) mass is 361 g/mol. The van der Waals surface area contributed by atoms with Crippen LogP contribution in [0, 0.1) is 17.1 Å². The first-order chi connectivity index (χ1) is 11.9. The highest BCUT2D eigenvalue weighted by atomic mass is 35.5. The van der Waals surface area contributed by atoms with E-state index in [-0.39, 0.29) is 22.3 Å². The molecule has 2 N–H and O–H groups in total. The van der Waals surface area contributed by atoms with Crippen LogP contribution in [0.1, 0.15) is 18.4 Å². The Morgan fingerprint density at radius 2 is 2.08 bits per heavy atom. The van der Waals surface area contributed by atoms with E-state index in [1.807, 2.05) is 4.90 Å². The zero-order valence-corrected chi connectivity index (χ0v) is 14.4. The van der Waals surface area contributed by atoms with Crippen molar-refractivity contribution in [1.29, 1.82) is 5.26 Å². The molecule has 0 aliphatic carbocycles. The van der Waals surface area contributed by atoms with Crippen LogP contribution >= 0.6 is 11.6 Å². The number of piperidine rings is 1. The Hall–Kier alpha value is -2.43. The number of nitriles is 1. The summed E-state index contributed by atoms with van der Waals surface area (Å²) in [5, 5.41) is 8.77. The van der Waals surface area contributed by atoms with Crippen LogP contribution in [-0.4, -0.2) is 28.7 Å². The third kappa shape index (κ3) is 3.23. The van der Waals surface area contributed by atoms with E-state index in [1.54, 1.807) is 13.1 Å². The summed E-state index contributed by atoms with van der Waals surface area (Å²) in [6.45, 7) is 1.37. The summed E-state index contributed by atoms with van der Waals surface area (Å²) < 4.78 is 15.3. The molecule has 2 aromatic rings. The lowest BCUT2D eigenvalue weighted by Gasteiger charge is -2.32. The van der Waals surface area contributed by atoms with Crippen LogP contribution in [0.25, 0.3) is 11.3 Å². The number of halogens is 2. The maximum absolute atomic E-state index is 13.9. The molecule has 1 aliphatic heterocycles. The molecule has 3 rings (SSSR count). The molecule has 1 aromatic carbocycles. The normalized spacial score (nSPS) is 15.2. The van der Waals surface area contributed by atoms with Crippen LogP contribution in [0.15, 0.2) is 23.0 Å². The van der Waals surface area contributed by atoms with E-state index in [2.05, 4.69) is 4.98 Å². The summed E-state index contributed by atoms with van der Waals surface area (Å²) in [4.78, 5) is 19.0. The standard InChI is InChI=1S/C17H17ClFN5O/c1-23-16(25)14(18)15(10-2-3-11(9-20)13(19)8-10)22-17(23)24-6-4-12(21)5-7-24/h2-3,8,12H,4-7,21H2,1H3. The average Bonchev–Trinajstić information content (AvgIpc) is 2.61.